The van der Waals surface area contributed by atoms with Crippen LogP contribution in [0.25, 0.3) is 0 Å². The molecule has 0 radical (unpaired) electrons. The second kappa shape index (κ2) is 7.44. The van der Waals surface area contributed by atoms with Crippen LogP contribution in [0.3, 0.4) is 0 Å². The number of nitrogens with one attached hydrogen (secondary N) is 2. The molecule has 4 amide bonds. The van der Waals surface area contributed by atoms with Crippen molar-refractivity contribution < 1.29 is 19.2 Å². The first-order valence-corrected chi connectivity index (χ1v) is 9.77. The lowest BCUT2D eigenvalue weighted by Gasteiger charge is -2.27. The van der Waals surface area contributed by atoms with Gasteiger partial charge in [-0.2, -0.15) is 0 Å². The Morgan fingerprint density at radius 3 is 2.61 bits per heavy atom. The highest BCUT2D eigenvalue weighted by atomic mass is 16.2. The van der Waals surface area contributed by atoms with Gasteiger partial charge in [0.1, 0.15) is 6.04 Å². The molecule has 2 fully saturated rings. The zero-order valence-corrected chi connectivity index (χ0v) is 15.6. The Kier molecular flexibility index (Phi) is 4.99. The van der Waals surface area contributed by atoms with Crippen molar-refractivity contribution in [2.75, 3.05) is 6.54 Å². The quantitative estimate of drug-likeness (QED) is 0.628. The summed E-state index contributed by atoms with van der Waals surface area (Å²) in [5.74, 6) is -1.46. The summed E-state index contributed by atoms with van der Waals surface area (Å²) in [6.45, 7) is 1.25. The average molecular weight is 384 g/mol. The van der Waals surface area contributed by atoms with Crippen LogP contribution in [0, 0.1) is 5.92 Å². The molecule has 0 aromatic heterocycles. The zero-order chi connectivity index (χ0) is 19.8. The van der Waals surface area contributed by atoms with Crippen LogP contribution < -0.4 is 16.4 Å². The Hall–Kier alpha value is -2.58. The van der Waals surface area contributed by atoms with Gasteiger partial charge >= 0.3 is 0 Å². The van der Waals surface area contributed by atoms with E-state index in [1.807, 2.05) is 6.07 Å². The molecule has 1 aliphatic carbocycles. The van der Waals surface area contributed by atoms with Crippen LogP contribution in [-0.4, -0.2) is 47.2 Å². The average Bonchev–Trinajstić information content (AvgIpc) is 3.23. The van der Waals surface area contributed by atoms with Crippen molar-refractivity contribution in [1.82, 2.24) is 15.5 Å². The molecule has 0 spiro atoms. The second-order valence-electron chi connectivity index (χ2n) is 7.74. The number of amides is 4. The molecule has 0 bridgehead atoms. The maximum absolute atomic E-state index is 12.8. The van der Waals surface area contributed by atoms with E-state index in [4.69, 9.17) is 5.73 Å². The van der Waals surface area contributed by atoms with E-state index < -0.39 is 23.8 Å². The van der Waals surface area contributed by atoms with Crippen LogP contribution in [-0.2, 0) is 16.1 Å². The number of rotatable bonds is 5. The number of imide groups is 2. The lowest BCUT2D eigenvalue weighted by Crippen LogP contribution is -2.54. The minimum absolute atomic E-state index is 0.114. The normalized spacial score (nSPS) is 27.3. The van der Waals surface area contributed by atoms with Gasteiger partial charge in [-0.05, 0) is 49.4 Å². The number of benzene rings is 1. The minimum atomic E-state index is -0.935. The highest BCUT2D eigenvalue weighted by molar-refractivity contribution is 6.23. The first kappa shape index (κ1) is 18.8. The Morgan fingerprint density at radius 2 is 1.86 bits per heavy atom. The minimum Gasteiger partial charge on any atom is -0.330 e. The lowest BCUT2D eigenvalue weighted by molar-refractivity contribution is -0.136. The summed E-state index contributed by atoms with van der Waals surface area (Å²) in [5.41, 5.74) is 7.36. The number of piperidine rings is 1. The molecule has 1 saturated carbocycles. The number of carbonyl (C=O) groups excluding carboxylic acids is 4. The van der Waals surface area contributed by atoms with Gasteiger partial charge in [0.15, 0.2) is 0 Å². The number of carbonyl (C=O) groups is 4. The van der Waals surface area contributed by atoms with Gasteiger partial charge in [0.05, 0.1) is 11.1 Å². The van der Waals surface area contributed by atoms with E-state index in [2.05, 4.69) is 10.6 Å². The van der Waals surface area contributed by atoms with Gasteiger partial charge in [-0.1, -0.05) is 12.5 Å². The van der Waals surface area contributed by atoms with E-state index >= 15 is 0 Å². The summed E-state index contributed by atoms with van der Waals surface area (Å²) in [6.07, 6.45) is 3.66. The molecule has 148 valence electrons. The molecule has 8 nitrogen and oxygen atoms in total. The number of hydrogen-bond acceptors (Lipinski definition) is 6. The van der Waals surface area contributed by atoms with Gasteiger partial charge in [0.2, 0.25) is 11.8 Å². The first-order valence-electron chi connectivity index (χ1n) is 9.77. The van der Waals surface area contributed by atoms with E-state index in [-0.39, 0.29) is 18.7 Å². The summed E-state index contributed by atoms with van der Waals surface area (Å²) in [7, 11) is 0. The predicted molar refractivity (Wildman–Crippen MR) is 100 cm³/mol. The van der Waals surface area contributed by atoms with Gasteiger partial charge in [-0.3, -0.25) is 29.4 Å². The van der Waals surface area contributed by atoms with Crippen molar-refractivity contribution in [3.05, 3.63) is 34.9 Å². The fourth-order valence-electron chi connectivity index (χ4n) is 4.46. The van der Waals surface area contributed by atoms with Crippen LogP contribution in [0.2, 0.25) is 0 Å². The smallest absolute Gasteiger partial charge is 0.262 e. The highest BCUT2D eigenvalue weighted by Crippen LogP contribution is 2.29. The molecule has 4 rings (SSSR count). The summed E-state index contributed by atoms with van der Waals surface area (Å²) >= 11 is 0. The van der Waals surface area contributed by atoms with Crippen molar-refractivity contribution in [2.45, 2.75) is 50.7 Å². The third kappa shape index (κ3) is 3.22. The van der Waals surface area contributed by atoms with E-state index in [1.165, 1.54) is 0 Å². The summed E-state index contributed by atoms with van der Waals surface area (Å²) in [5, 5.41) is 5.71. The SMILES string of the molecule is NCC1CCCC1NCc1ccc2c(c1)C(=O)N(C1CCC(=O)NC1=O)C2=O. The lowest BCUT2D eigenvalue weighted by atomic mass is 10.0. The number of nitrogens with two attached hydrogens (primary N) is 1. The molecule has 4 N–H and O–H groups in total. The van der Waals surface area contributed by atoms with E-state index in [0.29, 0.717) is 36.2 Å². The standard InChI is InChI=1S/C20H24N4O4/c21-9-12-2-1-3-15(12)22-10-11-4-5-13-14(8-11)20(28)24(19(13)27)16-6-7-17(25)23-18(16)26/h4-5,8,12,15-16,22H,1-3,6-7,9-10,21H2,(H,23,25,26). The summed E-state index contributed by atoms with van der Waals surface area (Å²) < 4.78 is 0. The van der Waals surface area contributed by atoms with Crippen LogP contribution in [0.1, 0.15) is 58.4 Å². The molecule has 1 aromatic rings. The van der Waals surface area contributed by atoms with Crippen LogP contribution in [0.15, 0.2) is 18.2 Å². The maximum atomic E-state index is 12.8. The zero-order valence-electron chi connectivity index (χ0n) is 15.6. The van der Waals surface area contributed by atoms with Crippen LogP contribution >= 0.6 is 0 Å². The molecule has 2 aliphatic heterocycles. The number of nitrogens with zero attached hydrogens (tertiary/aromatic N) is 1. The van der Waals surface area contributed by atoms with Crippen molar-refractivity contribution in [3.8, 4) is 0 Å². The van der Waals surface area contributed by atoms with Gasteiger partial charge < -0.3 is 11.1 Å². The van der Waals surface area contributed by atoms with Crippen molar-refractivity contribution in [2.24, 2.45) is 11.7 Å². The molecule has 3 atom stereocenters. The Bertz CT molecular complexity index is 853. The highest BCUT2D eigenvalue weighted by Gasteiger charge is 2.44. The molecule has 3 aliphatic rings. The van der Waals surface area contributed by atoms with E-state index in [0.717, 1.165) is 29.7 Å². The predicted octanol–water partition coefficient (Wildman–Crippen LogP) is 0.305. The van der Waals surface area contributed by atoms with Crippen LogP contribution in [0.4, 0.5) is 0 Å². The molecule has 2 heterocycles. The van der Waals surface area contributed by atoms with Crippen molar-refractivity contribution in [1.29, 1.82) is 0 Å². The molecule has 1 saturated heterocycles. The summed E-state index contributed by atoms with van der Waals surface area (Å²) in [6, 6.07) is 4.64. The number of fused-ring (bicyclic) bond motifs is 1. The van der Waals surface area contributed by atoms with Gasteiger partial charge in [-0.15, -0.1) is 0 Å². The Labute approximate surface area is 162 Å². The second-order valence-corrected chi connectivity index (χ2v) is 7.74. The molecule has 1 aromatic carbocycles. The largest absolute Gasteiger partial charge is 0.330 e. The van der Waals surface area contributed by atoms with Gasteiger partial charge in [0.25, 0.3) is 11.8 Å². The van der Waals surface area contributed by atoms with Crippen molar-refractivity contribution >= 4 is 23.6 Å². The first-order chi connectivity index (χ1) is 13.5. The fraction of sp³-hybridized carbons (Fsp3) is 0.500. The van der Waals surface area contributed by atoms with Crippen molar-refractivity contribution in [3.63, 3.8) is 0 Å². The molecule has 28 heavy (non-hydrogen) atoms. The Morgan fingerprint density at radius 1 is 1.07 bits per heavy atom. The molecule has 3 unspecified atom stereocenters. The van der Waals surface area contributed by atoms with E-state index in [9.17, 15) is 19.2 Å². The van der Waals surface area contributed by atoms with Gasteiger partial charge in [-0.25, -0.2) is 0 Å². The molecule has 8 heteroatoms. The summed E-state index contributed by atoms with van der Waals surface area (Å²) in [4.78, 5) is 50.0. The molecular formula is C20H24N4O4. The van der Waals surface area contributed by atoms with E-state index in [1.54, 1.807) is 12.1 Å². The Balaban J connectivity index is 1.49. The third-order valence-electron chi connectivity index (χ3n) is 6.03. The topological polar surface area (TPSA) is 122 Å². The number of hydrogen-bond donors (Lipinski definition) is 3. The monoisotopic (exact) mass is 384 g/mol. The third-order valence-corrected chi connectivity index (χ3v) is 6.03. The van der Waals surface area contributed by atoms with Gasteiger partial charge in [0, 0.05) is 19.0 Å². The van der Waals surface area contributed by atoms with Crippen LogP contribution in [0.5, 0.6) is 0 Å². The fourth-order valence-corrected chi connectivity index (χ4v) is 4.46. The molecular weight excluding hydrogens is 360 g/mol. The maximum Gasteiger partial charge on any atom is 0.262 e.